The standard InChI is InChI=1S/C30H37FN2O5/c1-21(27(34)30(14-19-38-20-15-30)23-8-10-24(31)11-9-23)26(29(35)36)13-18-37-17-3-2-6-25-12-7-22-5-4-16-32-28(22)33-25/h7-12,26H,1-6,13-20H2,(H,32,33)(H,35,36)/t26-/m1/s1. The quantitative estimate of drug-likeness (QED) is 0.285. The molecule has 1 atom stereocenters. The number of ether oxygens (including phenoxy) is 2. The van der Waals surface area contributed by atoms with Gasteiger partial charge < -0.3 is 19.9 Å². The van der Waals surface area contributed by atoms with Gasteiger partial charge in [-0.2, -0.15) is 0 Å². The minimum atomic E-state index is -1.10. The molecule has 0 amide bonds. The first-order chi connectivity index (χ1) is 18.4. The van der Waals surface area contributed by atoms with Crippen LogP contribution in [0.2, 0.25) is 0 Å². The molecule has 2 aliphatic heterocycles. The van der Waals surface area contributed by atoms with Gasteiger partial charge in [0.1, 0.15) is 11.6 Å². The molecule has 204 valence electrons. The fourth-order valence-corrected chi connectivity index (χ4v) is 5.37. The van der Waals surface area contributed by atoms with Crippen molar-refractivity contribution in [3.8, 4) is 0 Å². The third kappa shape index (κ3) is 6.66. The highest BCUT2D eigenvalue weighted by molar-refractivity contribution is 6.06. The topological polar surface area (TPSA) is 97.8 Å². The third-order valence-corrected chi connectivity index (χ3v) is 7.66. The highest BCUT2D eigenvalue weighted by Crippen LogP contribution is 2.39. The van der Waals surface area contributed by atoms with Crippen LogP contribution in [0.1, 0.15) is 55.3 Å². The SMILES string of the molecule is C=C(C(=O)C1(c2ccc(F)cc2)CCOCC1)[C@@H](CCOCCCCc1ccc2c(n1)NCCC2)C(=O)O. The summed E-state index contributed by atoms with van der Waals surface area (Å²) in [6, 6.07) is 10.1. The van der Waals surface area contributed by atoms with Gasteiger partial charge in [-0.15, -0.1) is 0 Å². The van der Waals surface area contributed by atoms with Crippen molar-refractivity contribution in [1.29, 1.82) is 0 Å². The van der Waals surface area contributed by atoms with Gasteiger partial charge in [-0.3, -0.25) is 9.59 Å². The molecule has 0 saturated carbocycles. The van der Waals surface area contributed by atoms with E-state index in [0.29, 0.717) is 38.2 Å². The summed E-state index contributed by atoms with van der Waals surface area (Å²) in [6.07, 6.45) is 5.77. The minimum absolute atomic E-state index is 0.0550. The van der Waals surface area contributed by atoms with Crippen LogP contribution in [-0.4, -0.2) is 54.8 Å². The number of fused-ring (bicyclic) bond motifs is 1. The molecule has 0 bridgehead atoms. The molecule has 3 heterocycles. The first-order valence-corrected chi connectivity index (χ1v) is 13.5. The molecule has 0 aliphatic carbocycles. The molecule has 2 N–H and O–H groups in total. The lowest BCUT2D eigenvalue weighted by Gasteiger charge is -2.37. The summed E-state index contributed by atoms with van der Waals surface area (Å²) in [7, 11) is 0. The number of nitrogens with zero attached hydrogens (tertiary/aromatic N) is 1. The lowest BCUT2D eigenvalue weighted by Crippen LogP contribution is -2.44. The first kappa shape index (κ1) is 27.9. The molecule has 0 unspecified atom stereocenters. The van der Waals surface area contributed by atoms with E-state index in [1.165, 1.54) is 17.7 Å². The Morgan fingerprint density at radius 3 is 2.63 bits per heavy atom. The largest absolute Gasteiger partial charge is 0.481 e. The average Bonchev–Trinajstić information content (AvgIpc) is 2.94. The Kier molecular flexibility index (Phi) is 9.63. The van der Waals surface area contributed by atoms with Gasteiger partial charge >= 0.3 is 5.97 Å². The van der Waals surface area contributed by atoms with Crippen LogP contribution in [0.4, 0.5) is 10.2 Å². The summed E-state index contributed by atoms with van der Waals surface area (Å²) >= 11 is 0. The predicted molar refractivity (Wildman–Crippen MR) is 143 cm³/mol. The number of anilines is 1. The van der Waals surface area contributed by atoms with Crippen LogP contribution in [0.5, 0.6) is 0 Å². The van der Waals surface area contributed by atoms with Crippen molar-refractivity contribution in [3.63, 3.8) is 0 Å². The number of carboxylic acid groups (broad SMARTS) is 1. The van der Waals surface area contributed by atoms with Gasteiger partial charge in [0, 0.05) is 44.2 Å². The number of Topliss-reactive ketones (excluding diaryl/α,β-unsaturated/α-hetero) is 1. The lowest BCUT2D eigenvalue weighted by molar-refractivity contribution is -0.142. The van der Waals surface area contributed by atoms with Crippen LogP contribution in [0.3, 0.4) is 0 Å². The molecule has 1 saturated heterocycles. The number of carboxylic acids is 1. The van der Waals surface area contributed by atoms with Crippen molar-refractivity contribution in [2.75, 3.05) is 38.3 Å². The molecule has 38 heavy (non-hydrogen) atoms. The number of halogens is 1. The number of hydrogen-bond donors (Lipinski definition) is 2. The van der Waals surface area contributed by atoms with Crippen LogP contribution in [0.25, 0.3) is 0 Å². The van der Waals surface area contributed by atoms with E-state index in [-0.39, 0.29) is 24.4 Å². The summed E-state index contributed by atoms with van der Waals surface area (Å²) in [5.41, 5.74) is 2.09. The smallest absolute Gasteiger partial charge is 0.311 e. The number of hydrogen-bond acceptors (Lipinski definition) is 6. The summed E-state index contributed by atoms with van der Waals surface area (Å²) in [5.74, 6) is -1.85. The van der Waals surface area contributed by atoms with Crippen molar-refractivity contribution >= 4 is 17.6 Å². The van der Waals surface area contributed by atoms with Crippen molar-refractivity contribution in [2.45, 2.75) is 56.8 Å². The number of nitrogens with one attached hydrogen (secondary N) is 1. The van der Waals surface area contributed by atoms with Crippen LogP contribution < -0.4 is 5.32 Å². The molecule has 8 heteroatoms. The van der Waals surface area contributed by atoms with E-state index < -0.39 is 23.1 Å². The summed E-state index contributed by atoms with van der Waals surface area (Å²) in [4.78, 5) is 30.5. The number of pyridine rings is 1. The fourth-order valence-electron chi connectivity index (χ4n) is 5.37. The van der Waals surface area contributed by atoms with E-state index >= 15 is 0 Å². The molecule has 4 rings (SSSR count). The van der Waals surface area contributed by atoms with E-state index in [0.717, 1.165) is 50.2 Å². The first-order valence-electron chi connectivity index (χ1n) is 13.5. The Morgan fingerprint density at radius 2 is 1.89 bits per heavy atom. The van der Waals surface area contributed by atoms with Gasteiger partial charge in [0.05, 0.1) is 11.3 Å². The van der Waals surface area contributed by atoms with E-state index in [2.05, 4.69) is 24.0 Å². The Hall–Kier alpha value is -3.10. The third-order valence-electron chi connectivity index (χ3n) is 7.66. The van der Waals surface area contributed by atoms with Gasteiger partial charge in [0.2, 0.25) is 0 Å². The lowest BCUT2D eigenvalue weighted by atomic mass is 9.67. The molecule has 1 aromatic heterocycles. The number of ketones is 1. The van der Waals surface area contributed by atoms with Crippen LogP contribution in [-0.2, 0) is 37.3 Å². The zero-order valence-electron chi connectivity index (χ0n) is 21.8. The second-order valence-electron chi connectivity index (χ2n) is 10.1. The van der Waals surface area contributed by atoms with Gasteiger partial charge in [-0.05, 0) is 80.7 Å². The molecule has 2 aromatic rings. The van der Waals surface area contributed by atoms with E-state index in [4.69, 9.17) is 14.5 Å². The molecule has 0 spiro atoms. The van der Waals surface area contributed by atoms with Gasteiger partial charge in [0.15, 0.2) is 5.78 Å². The Balaban J connectivity index is 1.26. The normalized spacial score (nSPS) is 17.2. The average molecular weight is 525 g/mol. The maximum Gasteiger partial charge on any atom is 0.311 e. The summed E-state index contributed by atoms with van der Waals surface area (Å²) in [6.45, 7) is 6.35. The second-order valence-corrected chi connectivity index (χ2v) is 10.1. The van der Waals surface area contributed by atoms with Crippen LogP contribution in [0.15, 0.2) is 48.6 Å². The maximum atomic E-state index is 13.7. The molecular weight excluding hydrogens is 487 g/mol. The predicted octanol–water partition coefficient (Wildman–Crippen LogP) is 4.88. The van der Waals surface area contributed by atoms with Crippen LogP contribution in [0, 0.1) is 11.7 Å². The molecule has 1 fully saturated rings. The highest BCUT2D eigenvalue weighted by atomic mass is 19.1. The zero-order valence-corrected chi connectivity index (χ0v) is 21.8. The maximum absolute atomic E-state index is 13.7. The Morgan fingerprint density at radius 1 is 1.13 bits per heavy atom. The van der Waals surface area contributed by atoms with E-state index in [1.807, 2.05) is 0 Å². The van der Waals surface area contributed by atoms with Crippen LogP contribution >= 0.6 is 0 Å². The molecule has 7 nitrogen and oxygen atoms in total. The monoisotopic (exact) mass is 524 g/mol. The number of aromatic nitrogens is 1. The van der Waals surface area contributed by atoms with Crippen molar-refractivity contribution in [3.05, 3.63) is 71.2 Å². The number of aliphatic carboxylic acids is 1. The van der Waals surface area contributed by atoms with Gasteiger partial charge in [0.25, 0.3) is 0 Å². The number of aryl methyl sites for hydroxylation is 2. The number of unbranched alkanes of at least 4 members (excludes halogenated alkanes) is 1. The van der Waals surface area contributed by atoms with E-state index in [9.17, 15) is 19.1 Å². The highest BCUT2D eigenvalue weighted by Gasteiger charge is 2.44. The van der Waals surface area contributed by atoms with Crippen molar-refractivity contribution < 1.29 is 28.6 Å². The van der Waals surface area contributed by atoms with Crippen molar-refractivity contribution in [2.24, 2.45) is 5.92 Å². The molecule has 0 radical (unpaired) electrons. The van der Waals surface area contributed by atoms with Gasteiger partial charge in [-0.25, -0.2) is 9.37 Å². The molecular formula is C30H37FN2O5. The molecule has 1 aromatic carbocycles. The fraction of sp³-hybridized carbons (Fsp3) is 0.500. The van der Waals surface area contributed by atoms with Gasteiger partial charge in [-0.1, -0.05) is 24.8 Å². The van der Waals surface area contributed by atoms with Crippen molar-refractivity contribution in [1.82, 2.24) is 4.98 Å². The Bertz CT molecular complexity index is 1130. The molecule has 2 aliphatic rings. The Labute approximate surface area is 223 Å². The zero-order chi connectivity index (χ0) is 27.0. The van der Waals surface area contributed by atoms with E-state index in [1.54, 1.807) is 12.1 Å². The minimum Gasteiger partial charge on any atom is -0.481 e. The number of rotatable bonds is 13. The summed E-state index contributed by atoms with van der Waals surface area (Å²) in [5, 5.41) is 13.2. The number of carbonyl (C=O) groups is 2. The number of benzene rings is 1. The number of carbonyl (C=O) groups excluding carboxylic acids is 1. The summed E-state index contributed by atoms with van der Waals surface area (Å²) < 4.78 is 24.7. The second kappa shape index (κ2) is 13.1.